The van der Waals surface area contributed by atoms with Gasteiger partial charge in [0.25, 0.3) is 0 Å². The molecule has 1 aliphatic rings. The van der Waals surface area contributed by atoms with Crippen LogP contribution in [0, 0.1) is 0 Å². The van der Waals surface area contributed by atoms with E-state index in [1.54, 1.807) is 10.7 Å². The monoisotopic (exact) mass is 379 g/mol. The average molecular weight is 380 g/mol. The zero-order valence-electron chi connectivity index (χ0n) is 16.8. The van der Waals surface area contributed by atoms with Crippen molar-refractivity contribution in [3.05, 3.63) is 42.4 Å². The summed E-state index contributed by atoms with van der Waals surface area (Å²) in [5, 5.41) is 4.45. The Kier molecular flexibility index (Phi) is 5.54. The molecule has 0 amide bonds. The van der Waals surface area contributed by atoms with Gasteiger partial charge in [0.1, 0.15) is 0 Å². The van der Waals surface area contributed by atoms with E-state index in [2.05, 4.69) is 38.7 Å². The molecule has 0 atom stereocenters. The summed E-state index contributed by atoms with van der Waals surface area (Å²) in [5.41, 5.74) is 9.68. The van der Waals surface area contributed by atoms with Crippen molar-refractivity contribution in [2.45, 2.75) is 32.7 Å². The van der Waals surface area contributed by atoms with Gasteiger partial charge in [-0.15, -0.1) is 5.10 Å². The van der Waals surface area contributed by atoms with Gasteiger partial charge >= 0.3 is 0 Å². The molecule has 7 heteroatoms. The number of aryl methyl sites for hydroxylation is 1. The number of hydrogen-bond donors (Lipinski definition) is 1. The summed E-state index contributed by atoms with van der Waals surface area (Å²) in [6.07, 6.45) is 7.86. The molecule has 4 rings (SSSR count). The van der Waals surface area contributed by atoms with Crippen molar-refractivity contribution < 1.29 is 0 Å². The predicted molar refractivity (Wildman–Crippen MR) is 112 cm³/mol. The van der Waals surface area contributed by atoms with E-state index in [0.29, 0.717) is 11.9 Å². The fourth-order valence-corrected chi connectivity index (χ4v) is 3.89. The number of aromatic nitrogens is 4. The van der Waals surface area contributed by atoms with E-state index in [1.807, 2.05) is 30.6 Å². The van der Waals surface area contributed by atoms with Crippen LogP contribution in [0.1, 0.15) is 25.8 Å². The van der Waals surface area contributed by atoms with Crippen molar-refractivity contribution in [1.82, 2.24) is 29.4 Å². The summed E-state index contributed by atoms with van der Waals surface area (Å²) < 4.78 is 1.79. The van der Waals surface area contributed by atoms with Crippen LogP contribution in [0.25, 0.3) is 16.9 Å². The maximum absolute atomic E-state index is 6.14. The number of fused-ring (bicyclic) bond motifs is 1. The van der Waals surface area contributed by atoms with Crippen molar-refractivity contribution in [3.63, 3.8) is 0 Å². The van der Waals surface area contributed by atoms with E-state index in [9.17, 15) is 0 Å². The highest BCUT2D eigenvalue weighted by molar-refractivity contribution is 5.84. The third-order valence-corrected chi connectivity index (χ3v) is 5.55. The van der Waals surface area contributed by atoms with Crippen molar-refractivity contribution >= 4 is 11.5 Å². The highest BCUT2D eigenvalue weighted by Crippen LogP contribution is 2.27. The number of hydrogen-bond acceptors (Lipinski definition) is 6. The van der Waals surface area contributed by atoms with Gasteiger partial charge in [0.05, 0.1) is 11.3 Å². The van der Waals surface area contributed by atoms with Crippen molar-refractivity contribution in [2.75, 3.05) is 38.5 Å². The van der Waals surface area contributed by atoms with Crippen LogP contribution >= 0.6 is 0 Å². The Bertz CT molecular complexity index is 911. The van der Waals surface area contributed by atoms with Gasteiger partial charge in [0.15, 0.2) is 11.5 Å². The molecule has 0 saturated carbocycles. The van der Waals surface area contributed by atoms with E-state index in [-0.39, 0.29) is 0 Å². The molecule has 0 aliphatic carbocycles. The lowest BCUT2D eigenvalue weighted by molar-refractivity contribution is 0.108. The van der Waals surface area contributed by atoms with E-state index in [1.165, 1.54) is 31.7 Å². The quantitative estimate of drug-likeness (QED) is 0.708. The molecule has 0 bridgehead atoms. The van der Waals surface area contributed by atoms with Crippen LogP contribution in [0.5, 0.6) is 0 Å². The van der Waals surface area contributed by atoms with Crippen LogP contribution in [-0.2, 0) is 6.42 Å². The van der Waals surface area contributed by atoms with E-state index < -0.39 is 0 Å². The normalized spacial score (nSPS) is 16.2. The van der Waals surface area contributed by atoms with Crippen LogP contribution in [0.15, 0.2) is 36.8 Å². The van der Waals surface area contributed by atoms with Crippen molar-refractivity contribution in [1.29, 1.82) is 0 Å². The molecule has 0 spiro atoms. The Balaban J connectivity index is 1.38. The van der Waals surface area contributed by atoms with Gasteiger partial charge in [-0.25, -0.2) is 9.50 Å². The average Bonchev–Trinajstić information content (AvgIpc) is 3.04. The van der Waals surface area contributed by atoms with E-state index in [4.69, 9.17) is 5.73 Å². The molecular formula is C21H29N7. The Morgan fingerprint density at radius 2 is 1.93 bits per heavy atom. The zero-order valence-corrected chi connectivity index (χ0v) is 16.8. The third-order valence-electron chi connectivity index (χ3n) is 5.55. The lowest BCUT2D eigenvalue weighted by atomic mass is 10.1. The second-order valence-corrected chi connectivity index (χ2v) is 7.78. The first-order chi connectivity index (χ1) is 13.6. The molecule has 0 aromatic carbocycles. The smallest absolute Gasteiger partial charge is 0.166 e. The van der Waals surface area contributed by atoms with E-state index in [0.717, 1.165) is 36.3 Å². The number of rotatable bonds is 6. The second-order valence-electron chi connectivity index (χ2n) is 7.78. The van der Waals surface area contributed by atoms with Crippen LogP contribution in [-0.4, -0.2) is 68.1 Å². The lowest BCUT2D eigenvalue weighted by Gasteiger charge is -2.36. The summed E-state index contributed by atoms with van der Waals surface area (Å²) >= 11 is 0. The van der Waals surface area contributed by atoms with Crippen molar-refractivity contribution in [2.24, 2.45) is 0 Å². The summed E-state index contributed by atoms with van der Waals surface area (Å²) in [6, 6.07) is 6.42. The number of nitrogen functional groups attached to an aromatic ring is 1. The summed E-state index contributed by atoms with van der Waals surface area (Å²) in [5.74, 6) is 0.464. The molecule has 28 heavy (non-hydrogen) atoms. The molecule has 7 nitrogen and oxygen atoms in total. The number of piperazine rings is 1. The zero-order chi connectivity index (χ0) is 19.5. The summed E-state index contributed by atoms with van der Waals surface area (Å²) in [4.78, 5) is 14.1. The Hall–Kier alpha value is -2.51. The molecule has 1 saturated heterocycles. The van der Waals surface area contributed by atoms with Gasteiger partial charge in [0.2, 0.25) is 0 Å². The molecule has 0 unspecified atom stereocenters. The molecule has 1 fully saturated rings. The minimum Gasteiger partial charge on any atom is -0.382 e. The van der Waals surface area contributed by atoms with Gasteiger partial charge in [-0.05, 0) is 50.9 Å². The molecule has 3 aromatic rings. The van der Waals surface area contributed by atoms with Gasteiger partial charge in [0, 0.05) is 50.8 Å². The first-order valence-corrected chi connectivity index (χ1v) is 10.1. The maximum atomic E-state index is 6.14. The highest BCUT2D eigenvalue weighted by atomic mass is 15.3. The van der Waals surface area contributed by atoms with Crippen molar-refractivity contribution in [3.8, 4) is 11.3 Å². The topological polar surface area (TPSA) is 75.6 Å². The highest BCUT2D eigenvalue weighted by Gasteiger charge is 2.18. The minimum atomic E-state index is 0.464. The Labute approximate surface area is 166 Å². The second kappa shape index (κ2) is 8.24. The van der Waals surface area contributed by atoms with E-state index >= 15 is 0 Å². The molecule has 4 heterocycles. The van der Waals surface area contributed by atoms with Gasteiger partial charge < -0.3 is 10.6 Å². The fourth-order valence-electron chi connectivity index (χ4n) is 3.89. The number of nitrogens with two attached hydrogens (primary N) is 1. The van der Waals surface area contributed by atoms with Crippen LogP contribution in [0.3, 0.4) is 0 Å². The fraction of sp³-hybridized carbons (Fsp3) is 0.476. The number of nitrogens with zero attached hydrogens (tertiary/aromatic N) is 6. The summed E-state index contributed by atoms with van der Waals surface area (Å²) in [7, 11) is 0. The van der Waals surface area contributed by atoms with Gasteiger partial charge in [-0.1, -0.05) is 6.07 Å². The molecular weight excluding hydrogens is 350 g/mol. The van der Waals surface area contributed by atoms with Gasteiger partial charge in [-0.3, -0.25) is 9.88 Å². The largest absolute Gasteiger partial charge is 0.382 e. The minimum absolute atomic E-state index is 0.464. The lowest BCUT2D eigenvalue weighted by Crippen LogP contribution is -2.48. The SMILES string of the molecule is CC(C)N1CCN(CCCc2cnc3c(-c4ccccn4)c(N)nn3c2)CC1. The summed E-state index contributed by atoms with van der Waals surface area (Å²) in [6.45, 7) is 10.4. The molecule has 148 valence electrons. The molecule has 2 N–H and O–H groups in total. The third kappa shape index (κ3) is 4.00. The first-order valence-electron chi connectivity index (χ1n) is 10.1. The Morgan fingerprint density at radius 3 is 2.64 bits per heavy atom. The predicted octanol–water partition coefficient (Wildman–Crippen LogP) is 2.33. The number of anilines is 1. The number of pyridine rings is 1. The molecule has 1 aliphatic heterocycles. The standard InChI is InChI=1S/C21H29N7/c1-16(2)27-12-10-26(11-13-27)9-5-6-17-14-24-21-19(18-7-3-4-8-23-18)20(22)25-28(21)15-17/h3-4,7-8,14-16H,5-6,9-13H2,1-2H3,(H2,22,25). The van der Waals surface area contributed by atoms with Crippen LogP contribution < -0.4 is 5.73 Å². The first kappa shape index (κ1) is 18.8. The van der Waals surface area contributed by atoms with Crippen LogP contribution in [0.4, 0.5) is 5.82 Å². The molecule has 3 aromatic heterocycles. The van der Waals surface area contributed by atoms with Gasteiger partial charge in [-0.2, -0.15) is 0 Å². The Morgan fingerprint density at radius 1 is 1.11 bits per heavy atom. The molecule has 0 radical (unpaired) electrons. The maximum Gasteiger partial charge on any atom is 0.166 e. The van der Waals surface area contributed by atoms with Crippen LogP contribution in [0.2, 0.25) is 0 Å².